The lowest BCUT2D eigenvalue weighted by Crippen LogP contribution is -2.47. The minimum Gasteiger partial charge on any atom is -0.481 e. The number of likely N-dealkylation sites (tertiary alicyclic amines) is 1. The van der Waals surface area contributed by atoms with Gasteiger partial charge in [0.2, 0.25) is 0 Å². The van der Waals surface area contributed by atoms with Crippen LogP contribution in [0.5, 0.6) is 0 Å². The highest BCUT2D eigenvalue weighted by Crippen LogP contribution is 2.16. The molecule has 6 nitrogen and oxygen atoms in total. The van der Waals surface area contributed by atoms with E-state index < -0.39 is 22.7 Å². The highest BCUT2D eigenvalue weighted by molar-refractivity contribution is 7.84. The summed E-state index contributed by atoms with van der Waals surface area (Å²) >= 11 is 0. The number of nitrogens with zero attached hydrogens (tertiary/aromatic N) is 1. The van der Waals surface area contributed by atoms with Crippen LogP contribution in [0.25, 0.3) is 0 Å². The first-order valence-electron chi connectivity index (χ1n) is 6.06. The summed E-state index contributed by atoms with van der Waals surface area (Å²) in [5.74, 6) is -0.723. The summed E-state index contributed by atoms with van der Waals surface area (Å²) in [5.41, 5.74) is 0. The summed E-state index contributed by atoms with van der Waals surface area (Å²) in [6.45, 7) is 1.36. The number of rotatable bonds is 5. The van der Waals surface area contributed by atoms with Gasteiger partial charge in [-0.2, -0.15) is 0 Å². The molecule has 1 aliphatic heterocycles. The van der Waals surface area contributed by atoms with E-state index in [1.54, 1.807) is 11.2 Å². The summed E-state index contributed by atoms with van der Waals surface area (Å²) in [6, 6.07) is -0.220. The van der Waals surface area contributed by atoms with E-state index in [-0.39, 0.29) is 12.6 Å². The molecule has 104 valence electrons. The topological polar surface area (TPSA) is 86.7 Å². The zero-order valence-electron chi connectivity index (χ0n) is 10.6. The normalized spacial score (nSPS) is 21.4. The Balaban J connectivity index is 2.28. The van der Waals surface area contributed by atoms with Crippen LogP contribution >= 0.6 is 0 Å². The number of nitrogens with one attached hydrogen (secondary N) is 1. The molecule has 1 rings (SSSR count). The second kappa shape index (κ2) is 7.35. The predicted molar refractivity (Wildman–Crippen MR) is 68.9 cm³/mol. The van der Waals surface area contributed by atoms with Gasteiger partial charge in [-0.15, -0.1) is 0 Å². The first-order chi connectivity index (χ1) is 8.50. The van der Waals surface area contributed by atoms with E-state index in [2.05, 4.69) is 5.32 Å². The van der Waals surface area contributed by atoms with E-state index >= 15 is 0 Å². The smallest absolute Gasteiger partial charge is 0.317 e. The molecule has 0 aromatic heterocycles. The number of aliphatic carboxylic acids is 1. The molecule has 0 saturated carbocycles. The number of carbonyl (C=O) groups excluding carboxylic acids is 1. The van der Waals surface area contributed by atoms with E-state index in [0.717, 1.165) is 6.42 Å². The Morgan fingerprint density at radius 2 is 2.22 bits per heavy atom. The number of urea groups is 1. The maximum Gasteiger partial charge on any atom is 0.317 e. The van der Waals surface area contributed by atoms with Crippen molar-refractivity contribution in [3.63, 3.8) is 0 Å². The summed E-state index contributed by atoms with van der Waals surface area (Å²) in [6.07, 6.45) is 3.66. The lowest BCUT2D eigenvalue weighted by atomic mass is 9.99. The van der Waals surface area contributed by atoms with Crippen LogP contribution in [0.1, 0.15) is 19.3 Å². The highest BCUT2D eigenvalue weighted by Gasteiger charge is 2.27. The fourth-order valence-electron chi connectivity index (χ4n) is 1.95. The number of piperidine rings is 1. The van der Waals surface area contributed by atoms with Crippen molar-refractivity contribution >= 4 is 22.8 Å². The molecule has 0 aromatic rings. The maximum atomic E-state index is 11.8. The van der Waals surface area contributed by atoms with Gasteiger partial charge in [0.1, 0.15) is 0 Å². The molecular weight excluding hydrogens is 256 g/mol. The zero-order valence-corrected chi connectivity index (χ0v) is 11.4. The predicted octanol–water partition coefficient (Wildman–Crippen LogP) is 0.261. The molecule has 0 aliphatic carbocycles. The van der Waals surface area contributed by atoms with E-state index in [1.807, 2.05) is 0 Å². The molecule has 1 heterocycles. The molecule has 0 bridgehead atoms. The van der Waals surface area contributed by atoms with Crippen LogP contribution < -0.4 is 5.32 Å². The molecule has 7 heteroatoms. The van der Waals surface area contributed by atoms with Gasteiger partial charge in [0.05, 0.1) is 5.92 Å². The molecule has 0 radical (unpaired) electrons. The zero-order chi connectivity index (χ0) is 13.5. The van der Waals surface area contributed by atoms with E-state index in [1.165, 1.54) is 0 Å². The van der Waals surface area contributed by atoms with Gasteiger partial charge in [0.15, 0.2) is 0 Å². The summed E-state index contributed by atoms with van der Waals surface area (Å²) in [5, 5.41) is 11.6. The number of amides is 2. The molecule has 2 atom stereocenters. The summed E-state index contributed by atoms with van der Waals surface area (Å²) < 4.78 is 10.8. The Morgan fingerprint density at radius 3 is 2.83 bits per heavy atom. The molecule has 2 amide bonds. The third-order valence-corrected chi connectivity index (χ3v) is 3.81. The van der Waals surface area contributed by atoms with Gasteiger partial charge in [0, 0.05) is 42.4 Å². The van der Waals surface area contributed by atoms with Crippen molar-refractivity contribution in [3.05, 3.63) is 0 Å². The average molecular weight is 276 g/mol. The second-order valence-corrected chi connectivity index (χ2v) is 6.04. The Kier molecular flexibility index (Phi) is 6.11. The molecule has 1 aliphatic rings. The van der Waals surface area contributed by atoms with Crippen molar-refractivity contribution in [2.75, 3.05) is 31.6 Å². The summed E-state index contributed by atoms with van der Waals surface area (Å²) in [4.78, 5) is 24.2. The average Bonchev–Trinajstić information content (AvgIpc) is 2.34. The van der Waals surface area contributed by atoms with E-state index in [4.69, 9.17) is 5.11 Å². The van der Waals surface area contributed by atoms with Crippen LogP contribution in [-0.4, -0.2) is 57.9 Å². The molecular formula is C11H20N2O4S. The fourth-order valence-corrected chi connectivity index (χ4v) is 2.50. The van der Waals surface area contributed by atoms with Gasteiger partial charge in [-0.3, -0.25) is 9.00 Å². The van der Waals surface area contributed by atoms with Crippen LogP contribution in [-0.2, 0) is 15.6 Å². The lowest BCUT2D eigenvalue weighted by Gasteiger charge is -2.30. The van der Waals surface area contributed by atoms with Gasteiger partial charge in [-0.05, 0) is 19.3 Å². The molecule has 1 fully saturated rings. The molecule has 18 heavy (non-hydrogen) atoms. The van der Waals surface area contributed by atoms with Gasteiger partial charge < -0.3 is 15.3 Å². The van der Waals surface area contributed by atoms with Gasteiger partial charge in [-0.25, -0.2) is 4.79 Å². The SMILES string of the molecule is CS(=O)CCCNC(=O)N1CCC[C@H](C(=O)O)C1. The number of carboxylic acids is 1. The van der Waals surface area contributed by atoms with E-state index in [0.29, 0.717) is 31.7 Å². The largest absolute Gasteiger partial charge is 0.481 e. The van der Waals surface area contributed by atoms with Crippen molar-refractivity contribution in [1.82, 2.24) is 10.2 Å². The van der Waals surface area contributed by atoms with Gasteiger partial charge in [0.25, 0.3) is 0 Å². The Hall–Kier alpha value is -1.11. The number of hydrogen-bond donors (Lipinski definition) is 2. The van der Waals surface area contributed by atoms with Gasteiger partial charge >= 0.3 is 12.0 Å². The Labute approximate surface area is 109 Å². The van der Waals surface area contributed by atoms with Crippen LogP contribution in [0.4, 0.5) is 4.79 Å². The highest BCUT2D eigenvalue weighted by atomic mass is 32.2. The minimum atomic E-state index is -0.840. The standard InChI is InChI=1S/C11H20N2O4S/c1-18(17)7-3-5-12-11(16)13-6-2-4-9(8-13)10(14)15/h9H,2-8H2,1H3,(H,12,16)(H,14,15)/t9-,18?/m0/s1. The van der Waals surface area contributed by atoms with Crippen LogP contribution in [0.15, 0.2) is 0 Å². The first-order valence-corrected chi connectivity index (χ1v) is 7.79. The van der Waals surface area contributed by atoms with Crippen molar-refractivity contribution in [2.45, 2.75) is 19.3 Å². The maximum absolute atomic E-state index is 11.8. The van der Waals surface area contributed by atoms with Crippen LogP contribution in [0, 0.1) is 5.92 Å². The van der Waals surface area contributed by atoms with Crippen LogP contribution in [0.2, 0.25) is 0 Å². The second-order valence-electron chi connectivity index (χ2n) is 4.49. The number of carboxylic acid groups (broad SMARTS) is 1. The molecule has 0 aromatic carbocycles. The Morgan fingerprint density at radius 1 is 1.50 bits per heavy atom. The van der Waals surface area contributed by atoms with Gasteiger partial charge in [-0.1, -0.05) is 0 Å². The number of hydrogen-bond acceptors (Lipinski definition) is 3. The lowest BCUT2D eigenvalue weighted by molar-refractivity contribution is -0.143. The molecule has 0 spiro atoms. The summed E-state index contributed by atoms with van der Waals surface area (Å²) in [7, 11) is -0.840. The fraction of sp³-hybridized carbons (Fsp3) is 0.818. The number of carbonyl (C=O) groups is 2. The van der Waals surface area contributed by atoms with Crippen LogP contribution in [0.3, 0.4) is 0 Å². The first kappa shape index (κ1) is 14.9. The van der Waals surface area contributed by atoms with Crippen molar-refractivity contribution < 1.29 is 18.9 Å². The molecule has 1 unspecified atom stereocenters. The third-order valence-electron chi connectivity index (χ3n) is 2.94. The molecule has 1 saturated heterocycles. The third kappa shape index (κ3) is 5.03. The van der Waals surface area contributed by atoms with Crippen molar-refractivity contribution in [1.29, 1.82) is 0 Å². The molecule has 2 N–H and O–H groups in total. The van der Waals surface area contributed by atoms with Crippen molar-refractivity contribution in [2.24, 2.45) is 5.92 Å². The monoisotopic (exact) mass is 276 g/mol. The Bertz CT molecular complexity index is 335. The van der Waals surface area contributed by atoms with Crippen molar-refractivity contribution in [3.8, 4) is 0 Å². The quantitative estimate of drug-likeness (QED) is 0.705. The van der Waals surface area contributed by atoms with E-state index in [9.17, 15) is 13.8 Å². The minimum absolute atomic E-state index is 0.220.